The summed E-state index contributed by atoms with van der Waals surface area (Å²) in [6.07, 6.45) is 3.25. The maximum absolute atomic E-state index is 13.3. The number of rotatable bonds is 7. The molecule has 1 fully saturated rings. The SMILES string of the molecule is CN1CCN(C(=O)C2=C[C@@H](c3ccc(F)cc3)C[C@@H](OCCCCO)O2)CC1. The first-order valence-electron chi connectivity index (χ1n) is 9.91. The second-order valence-corrected chi connectivity index (χ2v) is 7.37. The predicted octanol–water partition coefficient (Wildman–Crippen LogP) is 2.10. The molecule has 2 atom stereocenters. The Balaban J connectivity index is 1.73. The number of halogens is 1. The van der Waals surface area contributed by atoms with Crippen molar-refractivity contribution in [3.05, 3.63) is 47.5 Å². The van der Waals surface area contributed by atoms with Gasteiger partial charge < -0.3 is 24.4 Å². The van der Waals surface area contributed by atoms with E-state index in [4.69, 9.17) is 14.6 Å². The molecule has 1 amide bonds. The molecule has 0 spiro atoms. The largest absolute Gasteiger partial charge is 0.459 e. The lowest BCUT2D eigenvalue weighted by molar-refractivity contribution is -0.153. The van der Waals surface area contributed by atoms with Crippen molar-refractivity contribution < 1.29 is 23.8 Å². The number of ether oxygens (including phenoxy) is 2. The zero-order valence-electron chi connectivity index (χ0n) is 16.3. The summed E-state index contributed by atoms with van der Waals surface area (Å²) in [4.78, 5) is 17.0. The van der Waals surface area contributed by atoms with E-state index in [2.05, 4.69) is 4.90 Å². The highest BCUT2D eigenvalue weighted by Crippen LogP contribution is 2.32. The molecular formula is C21H29FN2O4. The van der Waals surface area contributed by atoms with Gasteiger partial charge >= 0.3 is 0 Å². The first-order valence-corrected chi connectivity index (χ1v) is 9.91. The lowest BCUT2D eigenvalue weighted by atomic mass is 9.93. The smallest absolute Gasteiger partial charge is 0.288 e. The number of aliphatic hydroxyl groups excluding tert-OH is 1. The molecule has 1 aromatic carbocycles. The van der Waals surface area contributed by atoms with Gasteiger partial charge in [0.15, 0.2) is 5.76 Å². The van der Waals surface area contributed by atoms with Crippen LogP contribution in [0.25, 0.3) is 0 Å². The molecule has 1 aromatic rings. The van der Waals surface area contributed by atoms with Crippen molar-refractivity contribution in [2.24, 2.45) is 0 Å². The topological polar surface area (TPSA) is 62.2 Å². The number of unbranched alkanes of at least 4 members (excludes halogenated alkanes) is 1. The standard InChI is InChI=1S/C21H29FN2O4/c1-23-8-10-24(11-9-23)21(26)19-14-17(16-4-6-18(22)7-5-16)15-20(28-19)27-13-3-2-12-25/h4-7,14,17,20,25H,2-3,8-13,15H2,1H3/t17-,20+/m1/s1. The van der Waals surface area contributed by atoms with Crippen LogP contribution in [0, 0.1) is 5.82 Å². The fourth-order valence-electron chi connectivity index (χ4n) is 3.45. The monoisotopic (exact) mass is 392 g/mol. The molecule has 0 aliphatic carbocycles. The minimum atomic E-state index is -0.537. The number of benzene rings is 1. The number of likely N-dealkylation sites (N-methyl/N-ethyl adjacent to an activating group) is 1. The van der Waals surface area contributed by atoms with Gasteiger partial charge in [-0.3, -0.25) is 4.79 Å². The molecule has 28 heavy (non-hydrogen) atoms. The lowest BCUT2D eigenvalue weighted by Gasteiger charge is -2.35. The van der Waals surface area contributed by atoms with Crippen molar-refractivity contribution in [3.63, 3.8) is 0 Å². The second-order valence-electron chi connectivity index (χ2n) is 7.37. The minimum absolute atomic E-state index is 0.0800. The van der Waals surface area contributed by atoms with E-state index in [1.807, 2.05) is 18.0 Å². The molecule has 2 aliphatic heterocycles. The van der Waals surface area contributed by atoms with Crippen LogP contribution in [-0.2, 0) is 14.3 Å². The van der Waals surface area contributed by atoms with Crippen molar-refractivity contribution in [2.75, 3.05) is 46.4 Å². The number of carbonyl (C=O) groups is 1. The summed E-state index contributed by atoms with van der Waals surface area (Å²) < 4.78 is 25.0. The number of allylic oxidation sites excluding steroid dienone is 1. The molecule has 2 aliphatic rings. The maximum Gasteiger partial charge on any atom is 0.288 e. The van der Waals surface area contributed by atoms with E-state index >= 15 is 0 Å². The summed E-state index contributed by atoms with van der Waals surface area (Å²) in [6.45, 7) is 3.58. The fourth-order valence-corrected chi connectivity index (χ4v) is 3.45. The molecule has 0 saturated carbocycles. The van der Waals surface area contributed by atoms with Crippen LogP contribution >= 0.6 is 0 Å². The van der Waals surface area contributed by atoms with Gasteiger partial charge in [0.1, 0.15) is 5.82 Å². The van der Waals surface area contributed by atoms with Crippen LogP contribution in [0.1, 0.15) is 30.7 Å². The third-order valence-corrected chi connectivity index (χ3v) is 5.21. The van der Waals surface area contributed by atoms with Gasteiger partial charge in [0, 0.05) is 45.1 Å². The fraction of sp³-hybridized carbons (Fsp3) is 0.571. The van der Waals surface area contributed by atoms with Gasteiger partial charge in [0.25, 0.3) is 5.91 Å². The predicted molar refractivity (Wildman–Crippen MR) is 103 cm³/mol. The molecule has 1 N–H and O–H groups in total. The first-order chi connectivity index (χ1) is 13.6. The second kappa shape index (κ2) is 10.0. The third kappa shape index (κ3) is 5.53. The van der Waals surface area contributed by atoms with E-state index in [1.54, 1.807) is 12.1 Å². The normalized spacial score (nSPS) is 23.2. The Morgan fingerprint density at radius 2 is 1.93 bits per heavy atom. The van der Waals surface area contributed by atoms with E-state index in [1.165, 1.54) is 12.1 Å². The average molecular weight is 392 g/mol. The van der Waals surface area contributed by atoms with Gasteiger partial charge in [-0.15, -0.1) is 0 Å². The van der Waals surface area contributed by atoms with Crippen molar-refractivity contribution in [2.45, 2.75) is 31.5 Å². The van der Waals surface area contributed by atoms with Gasteiger partial charge in [-0.1, -0.05) is 12.1 Å². The van der Waals surface area contributed by atoms with E-state index in [-0.39, 0.29) is 24.2 Å². The number of hydrogen-bond acceptors (Lipinski definition) is 5. The van der Waals surface area contributed by atoms with Crippen molar-refractivity contribution in [1.82, 2.24) is 9.80 Å². The molecule has 0 unspecified atom stereocenters. The number of hydrogen-bond donors (Lipinski definition) is 1. The summed E-state index contributed by atoms with van der Waals surface area (Å²) in [5, 5.41) is 8.91. The molecular weight excluding hydrogens is 363 g/mol. The molecule has 6 nitrogen and oxygen atoms in total. The highest BCUT2D eigenvalue weighted by atomic mass is 19.1. The van der Waals surface area contributed by atoms with E-state index < -0.39 is 6.29 Å². The van der Waals surface area contributed by atoms with Crippen LogP contribution in [0.5, 0.6) is 0 Å². The summed E-state index contributed by atoms with van der Waals surface area (Å²) in [5.74, 6) is -0.185. The summed E-state index contributed by atoms with van der Waals surface area (Å²) >= 11 is 0. The molecule has 2 heterocycles. The Morgan fingerprint density at radius 1 is 1.21 bits per heavy atom. The zero-order valence-corrected chi connectivity index (χ0v) is 16.3. The van der Waals surface area contributed by atoms with Gasteiger partial charge in [0.2, 0.25) is 6.29 Å². The van der Waals surface area contributed by atoms with Crippen LogP contribution in [-0.4, -0.2) is 73.5 Å². The quantitative estimate of drug-likeness (QED) is 0.720. The Labute approximate surface area is 165 Å². The number of amides is 1. The first kappa shape index (κ1) is 20.8. The number of carbonyl (C=O) groups excluding carboxylic acids is 1. The van der Waals surface area contributed by atoms with Crippen LogP contribution in [0.3, 0.4) is 0 Å². The van der Waals surface area contributed by atoms with Gasteiger partial charge in [-0.05, 0) is 43.7 Å². The van der Waals surface area contributed by atoms with E-state index in [9.17, 15) is 9.18 Å². The summed E-state index contributed by atoms with van der Waals surface area (Å²) in [6, 6.07) is 6.33. The van der Waals surface area contributed by atoms with Crippen molar-refractivity contribution in [3.8, 4) is 0 Å². The Morgan fingerprint density at radius 3 is 2.61 bits per heavy atom. The highest BCUT2D eigenvalue weighted by molar-refractivity contribution is 5.91. The van der Waals surface area contributed by atoms with Crippen LogP contribution in [0.2, 0.25) is 0 Å². The van der Waals surface area contributed by atoms with Gasteiger partial charge in [-0.2, -0.15) is 0 Å². The van der Waals surface area contributed by atoms with E-state index in [0.717, 1.165) is 25.1 Å². The van der Waals surface area contributed by atoms with Gasteiger partial charge in [-0.25, -0.2) is 4.39 Å². The van der Waals surface area contributed by atoms with Gasteiger partial charge in [0.05, 0.1) is 6.61 Å². The van der Waals surface area contributed by atoms with Crippen molar-refractivity contribution in [1.29, 1.82) is 0 Å². The highest BCUT2D eigenvalue weighted by Gasteiger charge is 2.31. The number of piperazine rings is 1. The zero-order chi connectivity index (χ0) is 19.9. The van der Waals surface area contributed by atoms with Crippen molar-refractivity contribution >= 4 is 5.91 Å². The summed E-state index contributed by atoms with van der Waals surface area (Å²) in [5.41, 5.74) is 0.928. The van der Waals surface area contributed by atoms with Crippen LogP contribution in [0.4, 0.5) is 4.39 Å². The molecule has 1 saturated heterocycles. The minimum Gasteiger partial charge on any atom is -0.459 e. The molecule has 0 radical (unpaired) electrons. The molecule has 0 aromatic heterocycles. The Kier molecular flexibility index (Phi) is 7.42. The van der Waals surface area contributed by atoms with E-state index in [0.29, 0.717) is 38.3 Å². The molecule has 7 heteroatoms. The molecule has 3 rings (SSSR count). The lowest BCUT2D eigenvalue weighted by Crippen LogP contribution is -2.48. The average Bonchev–Trinajstić information content (AvgIpc) is 2.71. The number of aliphatic hydroxyl groups is 1. The molecule has 0 bridgehead atoms. The Bertz CT molecular complexity index is 671. The van der Waals surface area contributed by atoms with Crippen LogP contribution < -0.4 is 0 Å². The third-order valence-electron chi connectivity index (χ3n) is 5.21. The molecule has 154 valence electrons. The summed E-state index contributed by atoms with van der Waals surface area (Å²) in [7, 11) is 2.04. The van der Waals surface area contributed by atoms with Crippen LogP contribution in [0.15, 0.2) is 36.1 Å². The number of nitrogens with zero attached hydrogens (tertiary/aromatic N) is 2. The Hall–Kier alpha value is -1.96. The maximum atomic E-state index is 13.3.